The van der Waals surface area contributed by atoms with Gasteiger partial charge in [0.25, 0.3) is 0 Å². The van der Waals surface area contributed by atoms with Gasteiger partial charge in [-0.05, 0) is 82.5 Å². The molecule has 0 bridgehead atoms. The van der Waals surface area contributed by atoms with Crippen molar-refractivity contribution in [1.29, 1.82) is 0 Å². The van der Waals surface area contributed by atoms with Crippen molar-refractivity contribution in [2.24, 2.45) is 10.8 Å². The number of thiocarbonyl (C=S) groups is 1. The molecule has 0 aliphatic carbocycles. The number of rotatable bonds is 9. The summed E-state index contributed by atoms with van der Waals surface area (Å²) in [5, 5.41) is 4.07. The molecule has 2 rings (SSSR count). The van der Waals surface area contributed by atoms with Gasteiger partial charge in [0.1, 0.15) is 19.0 Å². The van der Waals surface area contributed by atoms with Gasteiger partial charge in [-0.1, -0.05) is 26.0 Å². The zero-order valence-corrected chi connectivity index (χ0v) is 20.0. The normalized spacial score (nSPS) is 11.0. The minimum Gasteiger partial charge on any atom is -0.493 e. The van der Waals surface area contributed by atoms with E-state index < -0.39 is 0 Å². The van der Waals surface area contributed by atoms with Gasteiger partial charge in [0.15, 0.2) is 16.6 Å². The standard InChI is InChI=1S/C21H26IN3O3S/c1-13(2)16-6-5-14(3)9-18(16)27-7-8-28-20-17(22)10-15(11-19(20)26-4)12-24-25-21(23)29/h5-6,9-13H,7-8H2,1-4H3,(H3,23,25,29)/b24-12-. The average Bonchev–Trinajstić information content (AvgIpc) is 2.65. The van der Waals surface area contributed by atoms with Crippen LogP contribution in [0.2, 0.25) is 0 Å². The molecule has 6 nitrogen and oxygen atoms in total. The van der Waals surface area contributed by atoms with Gasteiger partial charge in [0, 0.05) is 0 Å². The summed E-state index contributed by atoms with van der Waals surface area (Å²) in [7, 11) is 1.60. The van der Waals surface area contributed by atoms with Crippen molar-refractivity contribution in [3.8, 4) is 17.2 Å². The molecule has 0 saturated heterocycles. The number of halogens is 1. The summed E-state index contributed by atoms with van der Waals surface area (Å²) < 4.78 is 18.3. The molecule has 3 N–H and O–H groups in total. The molecule has 0 fully saturated rings. The maximum atomic E-state index is 5.99. The van der Waals surface area contributed by atoms with Gasteiger partial charge in [-0.25, -0.2) is 0 Å². The number of benzene rings is 2. The highest BCUT2D eigenvalue weighted by Crippen LogP contribution is 2.33. The van der Waals surface area contributed by atoms with Gasteiger partial charge in [-0.15, -0.1) is 0 Å². The number of methoxy groups -OCH3 is 1. The van der Waals surface area contributed by atoms with Crippen LogP contribution in [0.25, 0.3) is 0 Å². The fraction of sp³-hybridized carbons (Fsp3) is 0.333. The minimum atomic E-state index is 0.108. The quantitative estimate of drug-likeness (QED) is 0.166. The molecule has 0 radical (unpaired) electrons. The minimum absolute atomic E-state index is 0.108. The summed E-state index contributed by atoms with van der Waals surface area (Å²) >= 11 is 6.93. The Kier molecular flexibility index (Phi) is 8.97. The van der Waals surface area contributed by atoms with Gasteiger partial charge < -0.3 is 19.9 Å². The van der Waals surface area contributed by atoms with Crippen LogP contribution in [0.5, 0.6) is 17.2 Å². The van der Waals surface area contributed by atoms with E-state index in [-0.39, 0.29) is 5.11 Å². The molecule has 0 amide bonds. The van der Waals surface area contributed by atoms with Gasteiger partial charge >= 0.3 is 0 Å². The summed E-state index contributed by atoms with van der Waals surface area (Å²) in [5.41, 5.74) is 11.1. The Morgan fingerprint density at radius 1 is 1.21 bits per heavy atom. The first-order valence-corrected chi connectivity index (χ1v) is 10.6. The van der Waals surface area contributed by atoms with E-state index in [4.69, 9.17) is 32.2 Å². The number of nitrogens with two attached hydrogens (primary N) is 1. The third-order valence-corrected chi connectivity index (χ3v) is 4.91. The first-order chi connectivity index (χ1) is 13.8. The lowest BCUT2D eigenvalue weighted by atomic mass is 10.0. The molecule has 2 aromatic carbocycles. The fourth-order valence-corrected chi connectivity index (χ4v) is 3.50. The second kappa shape index (κ2) is 11.2. The number of nitrogens with zero attached hydrogens (tertiary/aromatic N) is 1. The number of hydrazone groups is 1. The molecule has 0 aliphatic heterocycles. The second-order valence-corrected chi connectivity index (χ2v) is 8.26. The van der Waals surface area contributed by atoms with E-state index in [1.54, 1.807) is 13.3 Å². The van der Waals surface area contributed by atoms with Crippen molar-refractivity contribution in [3.05, 3.63) is 50.6 Å². The Morgan fingerprint density at radius 3 is 2.59 bits per heavy atom. The average molecular weight is 527 g/mol. The summed E-state index contributed by atoms with van der Waals surface area (Å²) in [5.74, 6) is 2.59. The maximum Gasteiger partial charge on any atom is 0.184 e. The number of aryl methyl sites for hydroxylation is 1. The lowest BCUT2D eigenvalue weighted by Crippen LogP contribution is -2.24. The smallest absolute Gasteiger partial charge is 0.184 e. The van der Waals surface area contributed by atoms with Gasteiger partial charge in [0.2, 0.25) is 0 Å². The zero-order chi connectivity index (χ0) is 21.4. The summed E-state index contributed by atoms with van der Waals surface area (Å²) in [6, 6.07) is 10.1. The van der Waals surface area contributed by atoms with Gasteiger partial charge in [0.05, 0.1) is 16.9 Å². The molecule has 8 heteroatoms. The summed E-state index contributed by atoms with van der Waals surface area (Å²) in [6.07, 6.45) is 1.61. The van der Waals surface area contributed by atoms with Crippen molar-refractivity contribution < 1.29 is 14.2 Å². The van der Waals surface area contributed by atoms with E-state index in [0.29, 0.717) is 30.6 Å². The highest BCUT2D eigenvalue weighted by atomic mass is 127. The largest absolute Gasteiger partial charge is 0.493 e. The van der Waals surface area contributed by atoms with Crippen LogP contribution in [-0.2, 0) is 0 Å². The topological polar surface area (TPSA) is 78.1 Å². The van der Waals surface area contributed by atoms with Crippen LogP contribution in [0, 0.1) is 10.5 Å². The lowest BCUT2D eigenvalue weighted by Gasteiger charge is -2.16. The van der Waals surface area contributed by atoms with Crippen LogP contribution in [0.15, 0.2) is 35.4 Å². The molecular formula is C21H26IN3O3S. The predicted molar refractivity (Wildman–Crippen MR) is 129 cm³/mol. The number of hydrogen-bond acceptors (Lipinski definition) is 5. The highest BCUT2D eigenvalue weighted by Gasteiger charge is 2.12. The molecule has 2 aromatic rings. The van der Waals surface area contributed by atoms with E-state index in [1.165, 1.54) is 11.1 Å². The van der Waals surface area contributed by atoms with E-state index in [9.17, 15) is 0 Å². The van der Waals surface area contributed by atoms with Crippen molar-refractivity contribution in [3.63, 3.8) is 0 Å². The SMILES string of the molecule is COc1cc(/C=N\NC(N)=S)cc(I)c1OCCOc1cc(C)ccc1C(C)C. The predicted octanol–water partition coefficient (Wildman–Crippen LogP) is 4.36. The molecule has 0 aromatic heterocycles. The van der Waals surface area contributed by atoms with Crippen LogP contribution in [-0.4, -0.2) is 31.7 Å². The van der Waals surface area contributed by atoms with Gasteiger partial charge in [-0.2, -0.15) is 5.10 Å². The van der Waals surface area contributed by atoms with E-state index >= 15 is 0 Å². The molecule has 29 heavy (non-hydrogen) atoms. The van der Waals surface area contributed by atoms with Gasteiger partial charge in [-0.3, -0.25) is 5.43 Å². The summed E-state index contributed by atoms with van der Waals surface area (Å²) in [4.78, 5) is 0. The molecule has 0 aliphatic rings. The van der Waals surface area contributed by atoms with E-state index in [2.05, 4.69) is 72.1 Å². The van der Waals surface area contributed by atoms with Crippen molar-refractivity contribution in [2.45, 2.75) is 26.7 Å². The monoisotopic (exact) mass is 527 g/mol. The highest BCUT2D eigenvalue weighted by molar-refractivity contribution is 14.1. The molecule has 0 saturated carbocycles. The van der Waals surface area contributed by atoms with E-state index in [1.807, 2.05) is 12.1 Å². The maximum absolute atomic E-state index is 5.99. The third kappa shape index (κ3) is 7.04. The molecular weight excluding hydrogens is 501 g/mol. The Morgan fingerprint density at radius 2 is 1.93 bits per heavy atom. The Bertz CT molecular complexity index is 888. The van der Waals surface area contributed by atoms with Crippen LogP contribution < -0.4 is 25.4 Å². The van der Waals surface area contributed by atoms with Crippen LogP contribution in [0.1, 0.15) is 36.5 Å². The molecule has 0 atom stereocenters. The van der Waals surface area contributed by atoms with Crippen LogP contribution >= 0.6 is 34.8 Å². The van der Waals surface area contributed by atoms with Crippen LogP contribution in [0.3, 0.4) is 0 Å². The Labute approximate surface area is 190 Å². The lowest BCUT2D eigenvalue weighted by molar-refractivity contribution is 0.209. The molecule has 0 heterocycles. The molecule has 0 unspecified atom stereocenters. The Hall–Kier alpha value is -2.07. The molecule has 156 valence electrons. The Balaban J connectivity index is 2.03. The number of hydrogen-bond donors (Lipinski definition) is 2. The van der Waals surface area contributed by atoms with Crippen molar-refractivity contribution >= 4 is 46.1 Å². The first kappa shape index (κ1) is 23.2. The van der Waals surface area contributed by atoms with E-state index in [0.717, 1.165) is 14.9 Å². The molecule has 0 spiro atoms. The third-order valence-electron chi connectivity index (χ3n) is 4.02. The zero-order valence-electron chi connectivity index (χ0n) is 17.0. The summed E-state index contributed by atoms with van der Waals surface area (Å²) in [6.45, 7) is 7.20. The van der Waals surface area contributed by atoms with Crippen LogP contribution in [0.4, 0.5) is 0 Å². The van der Waals surface area contributed by atoms with Crippen molar-refractivity contribution in [1.82, 2.24) is 5.43 Å². The number of ether oxygens (including phenoxy) is 3. The second-order valence-electron chi connectivity index (χ2n) is 6.66. The van der Waals surface area contributed by atoms with Crippen molar-refractivity contribution in [2.75, 3.05) is 20.3 Å². The first-order valence-electron chi connectivity index (χ1n) is 9.14. The fourth-order valence-electron chi connectivity index (χ4n) is 2.66. The number of nitrogens with one attached hydrogen (secondary N) is 1.